The van der Waals surface area contributed by atoms with E-state index in [0.29, 0.717) is 0 Å². The average molecular weight is 398 g/mol. The highest BCUT2D eigenvalue weighted by Gasteiger charge is 2.28. The fourth-order valence-electron chi connectivity index (χ4n) is 3.77. The van der Waals surface area contributed by atoms with E-state index in [2.05, 4.69) is 48.1 Å². The van der Waals surface area contributed by atoms with Crippen LogP contribution in [0.4, 0.5) is 0 Å². The summed E-state index contributed by atoms with van der Waals surface area (Å²) in [5, 5.41) is 4.88. The van der Waals surface area contributed by atoms with Crippen LogP contribution in [-0.4, -0.2) is 24.7 Å². The summed E-state index contributed by atoms with van der Waals surface area (Å²) in [4.78, 5) is 14.0. The van der Waals surface area contributed by atoms with E-state index in [1.54, 1.807) is 0 Å². The molecule has 0 amide bonds. The van der Waals surface area contributed by atoms with Gasteiger partial charge in [0.15, 0.2) is 0 Å². The molecule has 0 N–H and O–H groups in total. The fourth-order valence-corrected chi connectivity index (χ4v) is 3.77. The van der Waals surface area contributed by atoms with E-state index in [4.69, 9.17) is 10.1 Å². The van der Waals surface area contributed by atoms with Crippen LogP contribution < -0.4 is 0 Å². The van der Waals surface area contributed by atoms with Crippen LogP contribution in [0.15, 0.2) is 54.7 Å². The van der Waals surface area contributed by atoms with Crippen LogP contribution in [0, 0.1) is 27.7 Å². The monoisotopic (exact) mass is 397 g/mol. The lowest BCUT2D eigenvalue weighted by molar-refractivity contribution is 0.586. The number of rotatable bonds is 4. The number of aromatic nitrogens is 5. The minimum Gasteiger partial charge on any atom is -0.258 e. The van der Waals surface area contributed by atoms with E-state index >= 15 is 0 Å². The van der Waals surface area contributed by atoms with Crippen molar-refractivity contribution < 1.29 is 0 Å². The Morgan fingerprint density at radius 2 is 1.47 bits per heavy atom. The third kappa shape index (κ3) is 3.75. The topological polar surface area (TPSA) is 56.5 Å². The van der Waals surface area contributed by atoms with Crippen LogP contribution >= 0.6 is 0 Å². The summed E-state index contributed by atoms with van der Waals surface area (Å²) >= 11 is 0. The van der Waals surface area contributed by atoms with Crippen molar-refractivity contribution in [3.05, 3.63) is 88.9 Å². The predicted molar refractivity (Wildman–Crippen MR) is 120 cm³/mol. The van der Waals surface area contributed by atoms with Crippen LogP contribution in [0.3, 0.4) is 0 Å². The molecule has 0 aliphatic carbocycles. The van der Waals surface area contributed by atoms with Gasteiger partial charge in [-0.05, 0) is 84.0 Å². The maximum atomic E-state index is 4.99. The Bertz CT molecular complexity index is 1200. The molecule has 0 aromatic carbocycles. The van der Waals surface area contributed by atoms with Crippen molar-refractivity contribution >= 4 is 0 Å². The Balaban J connectivity index is 1.71. The van der Waals surface area contributed by atoms with Gasteiger partial charge in [0, 0.05) is 34.5 Å². The summed E-state index contributed by atoms with van der Waals surface area (Å²) < 4.78 is 1.91. The van der Waals surface area contributed by atoms with Crippen LogP contribution in [-0.2, 0) is 5.41 Å². The molecule has 4 heterocycles. The molecule has 30 heavy (non-hydrogen) atoms. The van der Waals surface area contributed by atoms with Crippen molar-refractivity contribution in [3.8, 4) is 16.9 Å². The van der Waals surface area contributed by atoms with Crippen LogP contribution in [0.1, 0.15) is 48.0 Å². The van der Waals surface area contributed by atoms with Gasteiger partial charge in [0.25, 0.3) is 0 Å². The molecular formula is C25H27N5. The largest absolute Gasteiger partial charge is 0.258 e. The van der Waals surface area contributed by atoms with Gasteiger partial charge in [-0.2, -0.15) is 5.10 Å². The highest BCUT2D eigenvalue weighted by atomic mass is 15.3. The Hall–Kier alpha value is -3.34. The van der Waals surface area contributed by atoms with Crippen molar-refractivity contribution in [3.63, 3.8) is 0 Å². The van der Waals surface area contributed by atoms with E-state index in [1.807, 2.05) is 62.8 Å². The number of hydrogen-bond acceptors (Lipinski definition) is 4. The zero-order valence-corrected chi connectivity index (χ0v) is 18.4. The zero-order valence-electron chi connectivity index (χ0n) is 18.4. The molecule has 0 aliphatic rings. The number of pyridine rings is 3. The summed E-state index contributed by atoms with van der Waals surface area (Å²) in [6.07, 6.45) is 2.00. The summed E-state index contributed by atoms with van der Waals surface area (Å²) in [5.74, 6) is 0. The van der Waals surface area contributed by atoms with Gasteiger partial charge in [-0.25, -0.2) is 4.68 Å². The first-order valence-corrected chi connectivity index (χ1v) is 10.2. The molecule has 0 fully saturated rings. The van der Waals surface area contributed by atoms with E-state index in [1.165, 1.54) is 0 Å². The summed E-state index contributed by atoms with van der Waals surface area (Å²) in [7, 11) is 0. The number of aryl methyl sites for hydroxylation is 4. The molecule has 0 atom stereocenters. The molecule has 0 aliphatic heterocycles. The molecule has 0 radical (unpaired) electrons. The molecule has 5 heteroatoms. The van der Waals surface area contributed by atoms with E-state index in [0.717, 1.165) is 51.1 Å². The quantitative estimate of drug-likeness (QED) is 0.470. The van der Waals surface area contributed by atoms with Gasteiger partial charge >= 0.3 is 0 Å². The second-order valence-electron chi connectivity index (χ2n) is 8.37. The minimum absolute atomic E-state index is 0.343. The first kappa shape index (κ1) is 20.0. The van der Waals surface area contributed by atoms with Crippen LogP contribution in [0.2, 0.25) is 0 Å². The third-order valence-corrected chi connectivity index (χ3v) is 5.45. The van der Waals surface area contributed by atoms with Gasteiger partial charge in [-0.1, -0.05) is 6.07 Å². The summed E-state index contributed by atoms with van der Waals surface area (Å²) in [6, 6.07) is 16.5. The second-order valence-corrected chi connectivity index (χ2v) is 8.37. The van der Waals surface area contributed by atoms with Crippen molar-refractivity contribution in [2.75, 3.05) is 0 Å². The normalized spacial score (nSPS) is 11.7. The maximum Gasteiger partial charge on any atom is 0.0744 e. The van der Waals surface area contributed by atoms with Gasteiger partial charge in [-0.15, -0.1) is 0 Å². The van der Waals surface area contributed by atoms with Crippen LogP contribution in [0.25, 0.3) is 16.9 Å². The second kappa shape index (κ2) is 7.48. The van der Waals surface area contributed by atoms with E-state index in [-0.39, 0.29) is 5.41 Å². The first-order valence-electron chi connectivity index (χ1n) is 10.2. The lowest BCUT2D eigenvalue weighted by Crippen LogP contribution is -2.22. The number of nitrogens with zero attached hydrogens (tertiary/aromatic N) is 5. The van der Waals surface area contributed by atoms with E-state index in [9.17, 15) is 0 Å². The molecule has 0 unspecified atom stereocenters. The highest BCUT2D eigenvalue weighted by molar-refractivity contribution is 5.62. The zero-order chi connectivity index (χ0) is 21.5. The van der Waals surface area contributed by atoms with Gasteiger partial charge in [0.05, 0.1) is 28.2 Å². The first-order chi connectivity index (χ1) is 14.2. The molecule has 0 saturated carbocycles. The molecule has 5 nitrogen and oxygen atoms in total. The lowest BCUT2D eigenvalue weighted by Gasteiger charge is -2.22. The van der Waals surface area contributed by atoms with Gasteiger partial charge in [0.2, 0.25) is 0 Å². The summed E-state index contributed by atoms with van der Waals surface area (Å²) in [5.41, 5.74) is 8.60. The third-order valence-electron chi connectivity index (χ3n) is 5.45. The van der Waals surface area contributed by atoms with Crippen LogP contribution in [0.5, 0.6) is 0 Å². The summed E-state index contributed by atoms with van der Waals surface area (Å²) in [6.45, 7) is 12.4. The van der Waals surface area contributed by atoms with Crippen molar-refractivity contribution in [2.45, 2.75) is 47.0 Å². The van der Waals surface area contributed by atoms with Gasteiger partial charge in [-0.3, -0.25) is 15.0 Å². The molecule has 0 spiro atoms. The Morgan fingerprint density at radius 1 is 0.733 bits per heavy atom. The SMILES string of the molecule is Cc1cc(-n2ccc(C(C)(C)c3cccc(-c4ccc(C)nc4C)n3)n2)cc(C)n1. The molecular weight excluding hydrogens is 370 g/mol. The maximum absolute atomic E-state index is 4.99. The molecule has 0 saturated heterocycles. The lowest BCUT2D eigenvalue weighted by atomic mass is 9.85. The fraction of sp³-hybridized carbons (Fsp3) is 0.280. The predicted octanol–water partition coefficient (Wildman–Crippen LogP) is 5.28. The van der Waals surface area contributed by atoms with E-state index < -0.39 is 0 Å². The van der Waals surface area contributed by atoms with Crippen molar-refractivity contribution in [2.24, 2.45) is 0 Å². The number of hydrogen-bond donors (Lipinski definition) is 0. The molecule has 4 aromatic heterocycles. The smallest absolute Gasteiger partial charge is 0.0744 e. The minimum atomic E-state index is -0.343. The standard InChI is InChI=1S/C25H27N5/c1-16-10-11-21(19(4)27-16)22-8-7-9-23(28-22)25(5,6)24-12-13-30(29-24)20-14-17(2)26-18(3)15-20/h7-15H,1-6H3. The Kier molecular flexibility index (Phi) is 4.98. The Morgan fingerprint density at radius 3 is 2.17 bits per heavy atom. The van der Waals surface area contributed by atoms with Gasteiger partial charge < -0.3 is 0 Å². The van der Waals surface area contributed by atoms with Crippen molar-refractivity contribution in [1.29, 1.82) is 0 Å². The average Bonchev–Trinajstić information content (AvgIpc) is 3.18. The Labute approximate surface area is 177 Å². The van der Waals surface area contributed by atoms with Crippen molar-refractivity contribution in [1.82, 2.24) is 24.7 Å². The van der Waals surface area contributed by atoms with Gasteiger partial charge in [0.1, 0.15) is 0 Å². The molecule has 4 aromatic rings. The molecule has 0 bridgehead atoms. The molecule has 4 rings (SSSR count). The highest BCUT2D eigenvalue weighted by Crippen LogP contribution is 2.31. The molecule has 152 valence electrons.